The van der Waals surface area contributed by atoms with E-state index in [-0.39, 0.29) is 0 Å². The molecule has 0 bridgehead atoms. The van der Waals surface area contributed by atoms with E-state index in [2.05, 4.69) is 0 Å². The van der Waals surface area contributed by atoms with Crippen molar-refractivity contribution in [1.82, 2.24) is 4.90 Å². The summed E-state index contributed by atoms with van der Waals surface area (Å²) in [6.07, 6.45) is -2.29. The van der Waals surface area contributed by atoms with Gasteiger partial charge in [0.25, 0.3) is 0 Å². The predicted molar refractivity (Wildman–Crippen MR) is 76.4 cm³/mol. The van der Waals surface area contributed by atoms with Crippen LogP contribution in [0.3, 0.4) is 0 Å². The van der Waals surface area contributed by atoms with Gasteiger partial charge in [0.2, 0.25) is 0 Å². The first-order chi connectivity index (χ1) is 11.7. The average Bonchev–Trinajstić information content (AvgIpc) is 2.34. The zero-order valence-electron chi connectivity index (χ0n) is 13.1. The van der Waals surface area contributed by atoms with E-state index in [1.165, 1.54) is 0 Å². The Morgan fingerprint density at radius 1 is 0.577 bits per heavy atom. The quantitative estimate of drug-likeness (QED) is 0.192. The molecule has 0 amide bonds. The minimum atomic E-state index is -2.74. The Labute approximate surface area is 144 Å². The van der Waals surface area contributed by atoms with Crippen LogP contribution in [0.25, 0.3) is 0 Å². The lowest BCUT2D eigenvalue weighted by Crippen LogP contribution is -2.42. The van der Waals surface area contributed by atoms with Crippen molar-refractivity contribution in [2.24, 2.45) is 0 Å². The fourth-order valence-electron chi connectivity index (χ4n) is 1.46. The maximum Gasteiger partial charge on any atom is 0.336 e. The van der Waals surface area contributed by atoms with Gasteiger partial charge >= 0.3 is 35.8 Å². The van der Waals surface area contributed by atoms with Crippen molar-refractivity contribution in [1.29, 1.82) is 0 Å². The molecular weight excluding hydrogens is 366 g/mol. The van der Waals surface area contributed by atoms with Gasteiger partial charge in [-0.1, -0.05) is 0 Å². The SMILES string of the molecule is O=C(O)CC(O)(CC(=O)O)C(=O)O.O=C(O)CN(CC(=O)O)CC(=O)O. The van der Waals surface area contributed by atoms with Crippen molar-refractivity contribution >= 4 is 35.8 Å². The lowest BCUT2D eigenvalue weighted by atomic mass is 9.96. The van der Waals surface area contributed by atoms with Gasteiger partial charge in [0, 0.05) is 0 Å². The Bertz CT molecular complexity index is 515. The van der Waals surface area contributed by atoms with E-state index in [9.17, 15) is 28.8 Å². The van der Waals surface area contributed by atoms with Crippen molar-refractivity contribution in [2.75, 3.05) is 19.6 Å². The van der Waals surface area contributed by atoms with E-state index >= 15 is 0 Å². The first kappa shape index (κ1) is 25.0. The van der Waals surface area contributed by atoms with Crippen molar-refractivity contribution in [3.8, 4) is 0 Å². The van der Waals surface area contributed by atoms with Gasteiger partial charge in [0.05, 0.1) is 32.5 Å². The fraction of sp³-hybridized carbons (Fsp3) is 0.500. The summed E-state index contributed by atoms with van der Waals surface area (Å²) in [6.45, 7) is -1.80. The molecule has 0 aromatic heterocycles. The number of carboxylic acids is 6. The molecule has 0 unspecified atom stereocenters. The molecule has 0 aromatic carbocycles. The van der Waals surface area contributed by atoms with Crippen LogP contribution in [-0.2, 0) is 28.8 Å². The second kappa shape index (κ2) is 11.3. The van der Waals surface area contributed by atoms with E-state index < -0.39 is 73.9 Å². The van der Waals surface area contributed by atoms with Gasteiger partial charge in [0.15, 0.2) is 5.60 Å². The predicted octanol–water partition coefficient (Wildman–Crippen LogP) is -2.71. The number of aliphatic carboxylic acids is 6. The lowest BCUT2D eigenvalue weighted by Gasteiger charge is -2.18. The summed E-state index contributed by atoms with van der Waals surface area (Å²) >= 11 is 0. The summed E-state index contributed by atoms with van der Waals surface area (Å²) in [4.78, 5) is 61.7. The second-order valence-corrected chi connectivity index (χ2v) is 4.80. The Balaban J connectivity index is 0. The van der Waals surface area contributed by atoms with Gasteiger partial charge in [0.1, 0.15) is 0 Å². The van der Waals surface area contributed by atoms with Gasteiger partial charge in [-0.05, 0) is 0 Å². The molecule has 26 heavy (non-hydrogen) atoms. The van der Waals surface area contributed by atoms with Crippen LogP contribution in [0.4, 0.5) is 0 Å². The molecule has 14 nitrogen and oxygen atoms in total. The molecule has 0 aliphatic carbocycles. The highest BCUT2D eigenvalue weighted by molar-refractivity contribution is 5.88. The highest BCUT2D eigenvalue weighted by atomic mass is 16.4. The summed E-state index contributed by atoms with van der Waals surface area (Å²) in [6, 6.07) is 0. The molecule has 0 heterocycles. The van der Waals surface area contributed by atoms with Gasteiger partial charge in [-0.3, -0.25) is 28.9 Å². The molecule has 0 rings (SSSR count). The van der Waals surface area contributed by atoms with Gasteiger partial charge in [-0.15, -0.1) is 0 Å². The van der Waals surface area contributed by atoms with Gasteiger partial charge < -0.3 is 35.7 Å². The second-order valence-electron chi connectivity index (χ2n) is 4.80. The zero-order chi connectivity index (χ0) is 21.1. The van der Waals surface area contributed by atoms with E-state index in [1.807, 2.05) is 0 Å². The lowest BCUT2D eigenvalue weighted by molar-refractivity contribution is -0.170. The van der Waals surface area contributed by atoms with Crippen molar-refractivity contribution in [3.63, 3.8) is 0 Å². The van der Waals surface area contributed by atoms with Gasteiger partial charge in [-0.2, -0.15) is 0 Å². The van der Waals surface area contributed by atoms with E-state index in [4.69, 9.17) is 35.7 Å². The van der Waals surface area contributed by atoms with Crippen LogP contribution >= 0.6 is 0 Å². The Morgan fingerprint density at radius 2 is 0.846 bits per heavy atom. The molecule has 0 aliphatic rings. The van der Waals surface area contributed by atoms with Crippen LogP contribution in [-0.4, -0.2) is 102 Å². The molecule has 0 atom stereocenters. The van der Waals surface area contributed by atoms with Crippen LogP contribution in [0, 0.1) is 0 Å². The molecule has 0 spiro atoms. The molecule has 0 fully saturated rings. The highest BCUT2D eigenvalue weighted by Crippen LogP contribution is 2.15. The molecule has 7 N–H and O–H groups in total. The van der Waals surface area contributed by atoms with Crippen LogP contribution < -0.4 is 0 Å². The van der Waals surface area contributed by atoms with E-state index in [0.29, 0.717) is 0 Å². The molecule has 0 aliphatic heterocycles. The monoisotopic (exact) mass is 383 g/mol. The van der Waals surface area contributed by atoms with Crippen LogP contribution in [0.5, 0.6) is 0 Å². The number of nitrogens with zero attached hydrogens (tertiary/aromatic N) is 1. The fourth-order valence-corrected chi connectivity index (χ4v) is 1.46. The molecule has 0 saturated carbocycles. The third kappa shape index (κ3) is 13.2. The van der Waals surface area contributed by atoms with Gasteiger partial charge in [-0.25, -0.2) is 4.79 Å². The number of rotatable bonds is 11. The highest BCUT2D eigenvalue weighted by Gasteiger charge is 2.40. The Kier molecular flexibility index (Phi) is 10.9. The number of aliphatic hydroxyl groups is 1. The topological polar surface area (TPSA) is 247 Å². The first-order valence-corrected chi connectivity index (χ1v) is 6.46. The maximum atomic E-state index is 10.3. The molecule has 14 heteroatoms. The third-order valence-electron chi connectivity index (χ3n) is 2.36. The standard InChI is InChI=1S/C6H9NO6.C6H8O7/c8-4(9)1-7(2-5(10)11)3-6(12)13;7-3(8)1-6(13,5(11)12)2-4(9)10/h1-3H2,(H,8,9)(H,10,11)(H,12,13);13H,1-2H2,(H,7,8)(H,9,10)(H,11,12). The van der Waals surface area contributed by atoms with Crippen molar-refractivity contribution in [2.45, 2.75) is 18.4 Å². The van der Waals surface area contributed by atoms with Crippen LogP contribution in [0.15, 0.2) is 0 Å². The minimum absolute atomic E-state index is 0.599. The van der Waals surface area contributed by atoms with Crippen LogP contribution in [0.1, 0.15) is 12.8 Å². The summed E-state index contributed by atoms with van der Waals surface area (Å²) in [5.74, 6) is -8.80. The molecule has 148 valence electrons. The number of carboxylic acid groups (broad SMARTS) is 6. The smallest absolute Gasteiger partial charge is 0.336 e. The summed E-state index contributed by atoms with van der Waals surface area (Å²) in [7, 11) is 0. The third-order valence-corrected chi connectivity index (χ3v) is 2.36. The number of hydrogen-bond donors (Lipinski definition) is 7. The molecule has 0 radical (unpaired) electrons. The van der Waals surface area contributed by atoms with Crippen molar-refractivity contribution < 1.29 is 64.5 Å². The number of hydrogen-bond acceptors (Lipinski definition) is 8. The number of carbonyl (C=O) groups is 6. The normalized spacial score (nSPS) is 10.4. The molecule has 0 saturated heterocycles. The average molecular weight is 383 g/mol. The Morgan fingerprint density at radius 3 is 1.00 bits per heavy atom. The minimum Gasteiger partial charge on any atom is -0.481 e. The summed E-state index contributed by atoms with van der Waals surface area (Å²) in [5, 5.41) is 58.7. The van der Waals surface area contributed by atoms with E-state index in [0.717, 1.165) is 4.90 Å². The first-order valence-electron chi connectivity index (χ1n) is 6.46. The Hall–Kier alpha value is -3.26. The summed E-state index contributed by atoms with van der Waals surface area (Å²) < 4.78 is 0. The molecular formula is C12H17NO13. The zero-order valence-corrected chi connectivity index (χ0v) is 13.1. The van der Waals surface area contributed by atoms with E-state index in [1.54, 1.807) is 0 Å². The van der Waals surface area contributed by atoms with Crippen molar-refractivity contribution in [3.05, 3.63) is 0 Å². The molecule has 0 aromatic rings. The van der Waals surface area contributed by atoms with Crippen LogP contribution in [0.2, 0.25) is 0 Å². The summed E-state index contributed by atoms with van der Waals surface area (Å²) in [5.41, 5.74) is -2.74. The largest absolute Gasteiger partial charge is 0.481 e. The maximum absolute atomic E-state index is 10.3.